The zero-order valence-electron chi connectivity index (χ0n) is 10.2. The number of hydrogen-bond acceptors (Lipinski definition) is 2. The van der Waals surface area contributed by atoms with E-state index in [-0.39, 0.29) is 5.82 Å². The number of nitrogens with zero attached hydrogens (tertiary/aromatic N) is 1. The smallest absolute Gasteiger partial charge is 0.139 e. The lowest BCUT2D eigenvalue weighted by Crippen LogP contribution is -2.13. The van der Waals surface area contributed by atoms with Gasteiger partial charge in [0.2, 0.25) is 0 Å². The number of rotatable bonds is 2. The standard InChI is InChI=1S/C14H14BrFN2/c1-9-5-3-4-6-13(9)18(2)14-7-10(15)11(16)8-12(14)17/h3-8H,17H2,1-2H3. The van der Waals surface area contributed by atoms with Gasteiger partial charge in [-0.05, 0) is 40.5 Å². The number of aryl methyl sites for hydroxylation is 1. The van der Waals surface area contributed by atoms with Crippen molar-refractivity contribution in [1.29, 1.82) is 0 Å². The maximum Gasteiger partial charge on any atom is 0.139 e. The average molecular weight is 309 g/mol. The van der Waals surface area contributed by atoms with Crippen molar-refractivity contribution in [2.45, 2.75) is 6.92 Å². The Morgan fingerprint density at radius 2 is 1.83 bits per heavy atom. The molecule has 0 saturated carbocycles. The van der Waals surface area contributed by atoms with Crippen molar-refractivity contribution in [2.75, 3.05) is 17.7 Å². The van der Waals surface area contributed by atoms with Crippen LogP contribution in [0.1, 0.15) is 5.56 Å². The number of anilines is 3. The SMILES string of the molecule is Cc1ccccc1N(C)c1cc(Br)c(F)cc1N. The first-order chi connectivity index (χ1) is 8.50. The van der Waals surface area contributed by atoms with Crippen molar-refractivity contribution in [3.05, 3.63) is 52.3 Å². The summed E-state index contributed by atoms with van der Waals surface area (Å²) in [5.41, 5.74) is 9.25. The number of hydrogen-bond donors (Lipinski definition) is 1. The summed E-state index contributed by atoms with van der Waals surface area (Å²) in [6.45, 7) is 2.03. The average Bonchev–Trinajstić information content (AvgIpc) is 2.33. The molecule has 2 aromatic rings. The molecule has 0 amide bonds. The Morgan fingerprint density at radius 1 is 1.17 bits per heavy atom. The molecule has 94 valence electrons. The molecule has 0 bridgehead atoms. The Morgan fingerprint density at radius 3 is 2.50 bits per heavy atom. The Balaban J connectivity index is 2.50. The van der Waals surface area contributed by atoms with Gasteiger partial charge in [0.05, 0.1) is 15.8 Å². The number of benzene rings is 2. The van der Waals surface area contributed by atoms with E-state index in [2.05, 4.69) is 15.9 Å². The molecule has 0 aromatic heterocycles. The van der Waals surface area contributed by atoms with Gasteiger partial charge in [-0.25, -0.2) is 4.39 Å². The van der Waals surface area contributed by atoms with Crippen molar-refractivity contribution < 1.29 is 4.39 Å². The third-order valence-corrected chi connectivity index (χ3v) is 3.52. The lowest BCUT2D eigenvalue weighted by molar-refractivity contribution is 0.622. The van der Waals surface area contributed by atoms with Gasteiger partial charge in [-0.2, -0.15) is 0 Å². The van der Waals surface area contributed by atoms with Crippen molar-refractivity contribution >= 4 is 33.0 Å². The van der Waals surface area contributed by atoms with E-state index in [4.69, 9.17) is 5.73 Å². The molecule has 2 N–H and O–H groups in total. The predicted octanol–water partition coefficient (Wildman–Crippen LogP) is 4.25. The van der Waals surface area contributed by atoms with Crippen LogP contribution < -0.4 is 10.6 Å². The monoisotopic (exact) mass is 308 g/mol. The van der Waals surface area contributed by atoms with Crippen molar-refractivity contribution in [3.63, 3.8) is 0 Å². The molecule has 0 spiro atoms. The third-order valence-electron chi connectivity index (χ3n) is 2.91. The Bertz CT molecular complexity index is 584. The molecule has 0 fully saturated rings. The highest BCUT2D eigenvalue weighted by atomic mass is 79.9. The quantitative estimate of drug-likeness (QED) is 0.841. The van der Waals surface area contributed by atoms with Gasteiger partial charge < -0.3 is 10.6 Å². The largest absolute Gasteiger partial charge is 0.397 e. The fraction of sp³-hybridized carbons (Fsp3) is 0.143. The van der Waals surface area contributed by atoms with Gasteiger partial charge in [0, 0.05) is 18.8 Å². The molecular formula is C14H14BrFN2. The summed E-state index contributed by atoms with van der Waals surface area (Å²) in [5, 5.41) is 0. The molecule has 4 heteroatoms. The number of halogens is 2. The second-order valence-electron chi connectivity index (χ2n) is 4.17. The summed E-state index contributed by atoms with van der Waals surface area (Å²) in [4.78, 5) is 1.95. The first kappa shape index (κ1) is 12.9. The van der Waals surface area contributed by atoms with Crippen LogP contribution in [0, 0.1) is 12.7 Å². The summed E-state index contributed by atoms with van der Waals surface area (Å²) in [5.74, 6) is -0.352. The van der Waals surface area contributed by atoms with E-state index in [1.807, 2.05) is 43.1 Å². The molecular weight excluding hydrogens is 295 g/mol. The molecule has 18 heavy (non-hydrogen) atoms. The maximum atomic E-state index is 13.4. The Labute approximate surface area is 114 Å². The van der Waals surface area contributed by atoms with Gasteiger partial charge in [-0.1, -0.05) is 18.2 Å². The van der Waals surface area contributed by atoms with E-state index in [1.165, 1.54) is 6.07 Å². The van der Waals surface area contributed by atoms with E-state index in [1.54, 1.807) is 6.07 Å². The van der Waals surface area contributed by atoms with Gasteiger partial charge in [0.1, 0.15) is 5.82 Å². The molecule has 0 aliphatic heterocycles. The minimum atomic E-state index is -0.352. The maximum absolute atomic E-state index is 13.4. The first-order valence-electron chi connectivity index (χ1n) is 5.54. The molecule has 2 nitrogen and oxygen atoms in total. The minimum absolute atomic E-state index is 0.352. The van der Waals surface area contributed by atoms with Gasteiger partial charge in [0.25, 0.3) is 0 Å². The molecule has 0 heterocycles. The van der Waals surface area contributed by atoms with Gasteiger partial charge in [-0.15, -0.1) is 0 Å². The van der Waals surface area contributed by atoms with Crippen LogP contribution in [-0.4, -0.2) is 7.05 Å². The number of nitrogens with two attached hydrogens (primary N) is 1. The lowest BCUT2D eigenvalue weighted by Gasteiger charge is -2.23. The molecule has 0 atom stereocenters. The number of para-hydroxylation sites is 1. The summed E-state index contributed by atoms with van der Waals surface area (Å²) in [7, 11) is 1.92. The van der Waals surface area contributed by atoms with E-state index < -0.39 is 0 Å². The van der Waals surface area contributed by atoms with Crippen LogP contribution in [0.4, 0.5) is 21.5 Å². The first-order valence-corrected chi connectivity index (χ1v) is 6.34. The van der Waals surface area contributed by atoms with Crippen LogP contribution >= 0.6 is 15.9 Å². The zero-order valence-corrected chi connectivity index (χ0v) is 11.8. The predicted molar refractivity (Wildman–Crippen MR) is 77.8 cm³/mol. The zero-order chi connectivity index (χ0) is 13.3. The van der Waals surface area contributed by atoms with E-state index in [0.717, 1.165) is 16.9 Å². The summed E-state index contributed by atoms with van der Waals surface area (Å²) in [6.07, 6.45) is 0. The fourth-order valence-corrected chi connectivity index (χ4v) is 2.24. The minimum Gasteiger partial charge on any atom is -0.397 e. The van der Waals surface area contributed by atoms with Crippen LogP contribution in [0.2, 0.25) is 0 Å². The fourth-order valence-electron chi connectivity index (χ4n) is 1.91. The van der Waals surface area contributed by atoms with Crippen LogP contribution in [0.3, 0.4) is 0 Å². The van der Waals surface area contributed by atoms with Crippen LogP contribution in [-0.2, 0) is 0 Å². The van der Waals surface area contributed by atoms with Crippen molar-refractivity contribution in [3.8, 4) is 0 Å². The van der Waals surface area contributed by atoms with Crippen LogP contribution in [0.15, 0.2) is 40.9 Å². The topological polar surface area (TPSA) is 29.3 Å². The molecule has 0 aliphatic carbocycles. The van der Waals surface area contributed by atoms with Crippen molar-refractivity contribution in [2.24, 2.45) is 0 Å². The van der Waals surface area contributed by atoms with E-state index in [0.29, 0.717) is 10.2 Å². The summed E-state index contributed by atoms with van der Waals surface area (Å²) >= 11 is 3.18. The van der Waals surface area contributed by atoms with Gasteiger partial charge >= 0.3 is 0 Å². The van der Waals surface area contributed by atoms with Crippen LogP contribution in [0.25, 0.3) is 0 Å². The second kappa shape index (κ2) is 4.98. The highest BCUT2D eigenvalue weighted by molar-refractivity contribution is 9.10. The normalized spacial score (nSPS) is 10.4. The van der Waals surface area contributed by atoms with Gasteiger partial charge in [0.15, 0.2) is 0 Å². The molecule has 0 radical (unpaired) electrons. The number of nitrogen functional groups attached to an aromatic ring is 1. The van der Waals surface area contributed by atoms with E-state index in [9.17, 15) is 4.39 Å². The van der Waals surface area contributed by atoms with Gasteiger partial charge in [-0.3, -0.25) is 0 Å². The summed E-state index contributed by atoms with van der Waals surface area (Å²) in [6, 6.07) is 11.0. The third kappa shape index (κ3) is 2.34. The summed E-state index contributed by atoms with van der Waals surface area (Å²) < 4.78 is 13.8. The highest BCUT2D eigenvalue weighted by Gasteiger charge is 2.12. The molecule has 2 aromatic carbocycles. The molecule has 0 unspecified atom stereocenters. The van der Waals surface area contributed by atoms with Crippen molar-refractivity contribution in [1.82, 2.24) is 0 Å². The second-order valence-corrected chi connectivity index (χ2v) is 5.02. The van der Waals surface area contributed by atoms with Crippen LogP contribution in [0.5, 0.6) is 0 Å². The lowest BCUT2D eigenvalue weighted by atomic mass is 10.1. The van der Waals surface area contributed by atoms with E-state index >= 15 is 0 Å². The molecule has 2 rings (SSSR count). The Kier molecular flexibility index (Phi) is 3.57. The highest BCUT2D eigenvalue weighted by Crippen LogP contribution is 2.34. The molecule has 0 aliphatic rings. The Hall–Kier alpha value is -1.55. The molecule has 0 saturated heterocycles.